The number of benzene rings is 1. The van der Waals surface area contributed by atoms with Crippen molar-refractivity contribution in [3.05, 3.63) is 28.8 Å². The standard InChI is InChI=1S/C15H24N2O3S/c1-10-5-11(2)15(6-12(10)9-16-3)21(18,19)17-13-7-14(8-13)20-4/h5-6,13-14,16-17H,7-9H2,1-4H3. The fourth-order valence-electron chi connectivity index (χ4n) is 2.68. The van der Waals surface area contributed by atoms with E-state index in [1.807, 2.05) is 27.0 Å². The molecule has 2 rings (SSSR count). The number of aryl methyl sites for hydroxylation is 2. The van der Waals surface area contributed by atoms with Crippen molar-refractivity contribution in [2.45, 2.75) is 50.3 Å². The normalized spacial score (nSPS) is 22.1. The van der Waals surface area contributed by atoms with E-state index in [2.05, 4.69) is 10.0 Å². The second-order valence-corrected chi connectivity index (χ2v) is 7.40. The van der Waals surface area contributed by atoms with Crippen LogP contribution in [0.25, 0.3) is 0 Å². The van der Waals surface area contributed by atoms with Gasteiger partial charge in [0.05, 0.1) is 11.0 Å². The summed E-state index contributed by atoms with van der Waals surface area (Å²) in [5, 5.41) is 3.07. The number of hydrogen-bond acceptors (Lipinski definition) is 4. The molecule has 2 N–H and O–H groups in total. The van der Waals surface area contributed by atoms with E-state index < -0.39 is 10.0 Å². The van der Waals surface area contributed by atoms with Crippen molar-refractivity contribution in [3.63, 3.8) is 0 Å². The molecular formula is C15H24N2O3S. The lowest BCUT2D eigenvalue weighted by molar-refractivity contribution is 0.0236. The highest BCUT2D eigenvalue weighted by Gasteiger charge is 2.33. The molecule has 0 radical (unpaired) electrons. The molecule has 1 aromatic carbocycles. The van der Waals surface area contributed by atoms with E-state index in [9.17, 15) is 8.42 Å². The Kier molecular flexibility index (Phi) is 5.03. The second-order valence-electron chi connectivity index (χ2n) is 5.72. The first kappa shape index (κ1) is 16.4. The van der Waals surface area contributed by atoms with E-state index in [0.717, 1.165) is 29.5 Å². The zero-order valence-electron chi connectivity index (χ0n) is 13.1. The summed E-state index contributed by atoms with van der Waals surface area (Å²) in [5.41, 5.74) is 2.89. The van der Waals surface area contributed by atoms with Gasteiger partial charge in [-0.1, -0.05) is 6.07 Å². The largest absolute Gasteiger partial charge is 0.381 e. The molecule has 0 bridgehead atoms. The van der Waals surface area contributed by atoms with Crippen LogP contribution in [0.5, 0.6) is 0 Å². The lowest BCUT2D eigenvalue weighted by Crippen LogP contribution is -2.47. The van der Waals surface area contributed by atoms with Gasteiger partial charge >= 0.3 is 0 Å². The van der Waals surface area contributed by atoms with Gasteiger partial charge in [0.1, 0.15) is 0 Å². The Morgan fingerprint density at radius 2 is 1.90 bits per heavy atom. The smallest absolute Gasteiger partial charge is 0.241 e. The Morgan fingerprint density at radius 3 is 2.48 bits per heavy atom. The molecule has 1 aliphatic rings. The van der Waals surface area contributed by atoms with Gasteiger partial charge in [-0.15, -0.1) is 0 Å². The number of methoxy groups -OCH3 is 1. The molecule has 1 aliphatic carbocycles. The number of ether oxygens (including phenoxy) is 1. The molecule has 0 amide bonds. The van der Waals surface area contributed by atoms with Crippen LogP contribution in [-0.2, 0) is 21.3 Å². The molecule has 5 nitrogen and oxygen atoms in total. The third-order valence-corrected chi connectivity index (χ3v) is 5.70. The topological polar surface area (TPSA) is 67.4 Å². The molecule has 118 valence electrons. The van der Waals surface area contributed by atoms with Crippen LogP contribution in [0.3, 0.4) is 0 Å². The summed E-state index contributed by atoms with van der Waals surface area (Å²) in [6.07, 6.45) is 1.66. The van der Waals surface area contributed by atoms with Crippen molar-refractivity contribution < 1.29 is 13.2 Å². The molecule has 0 aromatic heterocycles. The van der Waals surface area contributed by atoms with Gasteiger partial charge in [0, 0.05) is 19.7 Å². The predicted octanol–water partition coefficient (Wildman–Crippen LogP) is 1.48. The first-order chi connectivity index (χ1) is 9.87. The average Bonchev–Trinajstić information content (AvgIpc) is 2.36. The summed E-state index contributed by atoms with van der Waals surface area (Å²) < 4.78 is 33.1. The van der Waals surface area contributed by atoms with Gasteiger partial charge in [-0.25, -0.2) is 13.1 Å². The highest BCUT2D eigenvalue weighted by Crippen LogP contribution is 2.26. The lowest BCUT2D eigenvalue weighted by Gasteiger charge is -2.34. The summed E-state index contributed by atoms with van der Waals surface area (Å²) in [5.74, 6) is 0. The van der Waals surface area contributed by atoms with Crippen LogP contribution in [0.1, 0.15) is 29.5 Å². The first-order valence-electron chi connectivity index (χ1n) is 7.17. The summed E-state index contributed by atoms with van der Waals surface area (Å²) in [6, 6.07) is 3.68. The molecular weight excluding hydrogens is 288 g/mol. The molecule has 0 heterocycles. The third kappa shape index (κ3) is 3.63. The molecule has 1 saturated carbocycles. The molecule has 21 heavy (non-hydrogen) atoms. The van der Waals surface area contributed by atoms with Gasteiger partial charge in [-0.2, -0.15) is 0 Å². The Hall–Kier alpha value is -0.950. The minimum Gasteiger partial charge on any atom is -0.381 e. The van der Waals surface area contributed by atoms with Gasteiger partial charge in [0.2, 0.25) is 10.0 Å². The minimum absolute atomic E-state index is 0.0200. The Balaban J connectivity index is 2.21. The zero-order chi connectivity index (χ0) is 15.6. The van der Waals surface area contributed by atoms with Crippen molar-refractivity contribution in [2.75, 3.05) is 14.2 Å². The van der Waals surface area contributed by atoms with Crippen LogP contribution in [0, 0.1) is 13.8 Å². The summed E-state index contributed by atoms with van der Waals surface area (Å²) in [4.78, 5) is 0.374. The highest BCUT2D eigenvalue weighted by molar-refractivity contribution is 7.89. The molecule has 0 saturated heterocycles. The molecule has 1 aromatic rings. The zero-order valence-corrected chi connectivity index (χ0v) is 13.9. The molecule has 0 spiro atoms. The van der Waals surface area contributed by atoms with E-state index in [1.165, 1.54) is 0 Å². The Bertz CT molecular complexity index is 608. The van der Waals surface area contributed by atoms with E-state index in [1.54, 1.807) is 13.2 Å². The predicted molar refractivity (Wildman–Crippen MR) is 82.8 cm³/mol. The summed E-state index contributed by atoms with van der Waals surface area (Å²) >= 11 is 0. The van der Waals surface area contributed by atoms with Gasteiger partial charge in [0.25, 0.3) is 0 Å². The Labute approximate surface area is 127 Å². The van der Waals surface area contributed by atoms with Crippen molar-refractivity contribution in [1.82, 2.24) is 10.0 Å². The van der Waals surface area contributed by atoms with Gasteiger partial charge in [0.15, 0.2) is 0 Å². The van der Waals surface area contributed by atoms with Crippen molar-refractivity contribution >= 4 is 10.0 Å². The maximum atomic E-state index is 12.5. The minimum atomic E-state index is -3.47. The van der Waals surface area contributed by atoms with Crippen LogP contribution in [0.2, 0.25) is 0 Å². The second kappa shape index (κ2) is 6.44. The van der Waals surface area contributed by atoms with Crippen molar-refractivity contribution in [2.24, 2.45) is 0 Å². The maximum absolute atomic E-state index is 12.5. The summed E-state index contributed by atoms with van der Waals surface area (Å²) in [7, 11) is 0.0348. The number of nitrogens with one attached hydrogen (secondary N) is 2. The fraction of sp³-hybridized carbons (Fsp3) is 0.600. The van der Waals surface area contributed by atoms with Crippen LogP contribution in [0.15, 0.2) is 17.0 Å². The summed E-state index contributed by atoms with van der Waals surface area (Å²) in [6.45, 7) is 4.49. The molecule has 0 atom stereocenters. The molecule has 0 unspecified atom stereocenters. The van der Waals surface area contributed by atoms with Crippen LogP contribution in [-0.4, -0.2) is 34.7 Å². The third-order valence-electron chi connectivity index (χ3n) is 4.04. The SMILES string of the molecule is CNCc1cc(S(=O)(=O)NC2CC(OC)C2)c(C)cc1C. The Morgan fingerprint density at radius 1 is 1.24 bits per heavy atom. The monoisotopic (exact) mass is 312 g/mol. The molecule has 1 fully saturated rings. The van der Waals surface area contributed by atoms with Crippen molar-refractivity contribution in [1.29, 1.82) is 0 Å². The van der Waals surface area contributed by atoms with Crippen LogP contribution < -0.4 is 10.0 Å². The molecule has 6 heteroatoms. The quantitative estimate of drug-likeness (QED) is 0.835. The average molecular weight is 312 g/mol. The number of hydrogen-bond donors (Lipinski definition) is 2. The van der Waals surface area contributed by atoms with Gasteiger partial charge in [-0.05, 0) is 56.5 Å². The number of sulfonamides is 1. The van der Waals surface area contributed by atoms with E-state index >= 15 is 0 Å². The lowest BCUT2D eigenvalue weighted by atomic mass is 9.90. The van der Waals surface area contributed by atoms with Crippen LogP contribution >= 0.6 is 0 Å². The van der Waals surface area contributed by atoms with Gasteiger partial charge < -0.3 is 10.1 Å². The number of rotatable bonds is 6. The maximum Gasteiger partial charge on any atom is 0.241 e. The highest BCUT2D eigenvalue weighted by atomic mass is 32.2. The van der Waals surface area contributed by atoms with E-state index in [-0.39, 0.29) is 12.1 Å². The van der Waals surface area contributed by atoms with Crippen molar-refractivity contribution in [3.8, 4) is 0 Å². The first-order valence-corrected chi connectivity index (χ1v) is 8.65. The fourth-order valence-corrected chi connectivity index (χ4v) is 4.22. The van der Waals surface area contributed by atoms with Crippen LogP contribution in [0.4, 0.5) is 0 Å². The van der Waals surface area contributed by atoms with E-state index in [0.29, 0.717) is 11.4 Å². The van der Waals surface area contributed by atoms with E-state index in [4.69, 9.17) is 4.74 Å². The molecule has 0 aliphatic heterocycles. The van der Waals surface area contributed by atoms with Gasteiger partial charge in [-0.3, -0.25) is 0 Å².